The zero-order valence-electron chi connectivity index (χ0n) is 10.3. The van der Waals surface area contributed by atoms with Crippen molar-refractivity contribution in [1.29, 1.82) is 0 Å². The lowest BCUT2D eigenvalue weighted by atomic mass is 10.3. The Labute approximate surface area is 94.5 Å². The summed E-state index contributed by atoms with van der Waals surface area (Å²) in [6.07, 6.45) is 0. The van der Waals surface area contributed by atoms with Crippen molar-refractivity contribution in [3.63, 3.8) is 0 Å². The van der Waals surface area contributed by atoms with Crippen LogP contribution in [0.1, 0.15) is 20.8 Å². The van der Waals surface area contributed by atoms with E-state index in [4.69, 9.17) is 4.74 Å². The topological polar surface area (TPSA) is 9.23 Å². The molecule has 0 radical (unpaired) electrons. The highest BCUT2D eigenvalue weighted by molar-refractivity contribution is 6.91. The van der Waals surface area contributed by atoms with E-state index in [2.05, 4.69) is 39.0 Å². The van der Waals surface area contributed by atoms with Gasteiger partial charge >= 0.3 is 0 Å². The van der Waals surface area contributed by atoms with Gasteiger partial charge in [0.15, 0.2) is 0 Å². The quantitative estimate of drug-likeness (QED) is 0.694. The predicted octanol–water partition coefficient (Wildman–Crippen LogP) is 3.41. The minimum atomic E-state index is -1.22. The molecule has 0 aliphatic rings. The van der Waals surface area contributed by atoms with Crippen LogP contribution in [0.5, 0.6) is 5.75 Å². The van der Waals surface area contributed by atoms with Crippen LogP contribution in [0.15, 0.2) is 24.3 Å². The van der Waals surface area contributed by atoms with Crippen LogP contribution in [0.4, 0.5) is 0 Å². The number of methoxy groups -OCH3 is 1. The highest BCUT2D eigenvalue weighted by Gasteiger charge is 2.28. The van der Waals surface area contributed by atoms with Gasteiger partial charge in [-0.3, -0.25) is 0 Å². The molecule has 0 aliphatic heterocycles. The molecular formula is C13H22OSi. The van der Waals surface area contributed by atoms with Crippen molar-refractivity contribution >= 4 is 13.3 Å². The molecule has 0 saturated carbocycles. The molecular weight excluding hydrogens is 200 g/mol. The molecule has 1 rings (SSSR count). The van der Waals surface area contributed by atoms with Gasteiger partial charge in [-0.2, -0.15) is 0 Å². The largest absolute Gasteiger partial charge is 0.497 e. The van der Waals surface area contributed by atoms with Crippen LogP contribution in [0.25, 0.3) is 0 Å². The molecule has 1 aromatic carbocycles. The van der Waals surface area contributed by atoms with Crippen LogP contribution in [-0.4, -0.2) is 15.2 Å². The second kappa shape index (κ2) is 5.36. The standard InChI is InChI=1S/C13H22OSi/c1-5-15(6-2,7-3)13-10-8-9-12(11-13)14-4/h8-11H,5-7H2,1-4H3. The first kappa shape index (κ1) is 12.3. The highest BCUT2D eigenvalue weighted by atomic mass is 28.3. The van der Waals surface area contributed by atoms with Crippen molar-refractivity contribution in [2.45, 2.75) is 38.9 Å². The van der Waals surface area contributed by atoms with E-state index in [1.807, 2.05) is 6.07 Å². The van der Waals surface area contributed by atoms with Crippen LogP contribution < -0.4 is 9.92 Å². The molecule has 0 atom stereocenters. The van der Waals surface area contributed by atoms with Crippen LogP contribution in [0.2, 0.25) is 18.1 Å². The second-order valence-electron chi connectivity index (χ2n) is 4.07. The van der Waals surface area contributed by atoms with Gasteiger partial charge in [0.05, 0.1) is 15.2 Å². The molecule has 84 valence electrons. The van der Waals surface area contributed by atoms with Gasteiger partial charge in [-0.25, -0.2) is 0 Å². The molecule has 15 heavy (non-hydrogen) atoms. The summed E-state index contributed by atoms with van der Waals surface area (Å²) >= 11 is 0. The molecule has 0 unspecified atom stereocenters. The molecule has 0 bridgehead atoms. The van der Waals surface area contributed by atoms with Gasteiger partial charge in [0, 0.05) is 0 Å². The summed E-state index contributed by atoms with van der Waals surface area (Å²) < 4.78 is 5.31. The lowest BCUT2D eigenvalue weighted by molar-refractivity contribution is 0.415. The van der Waals surface area contributed by atoms with E-state index in [-0.39, 0.29) is 0 Å². The maximum Gasteiger partial charge on any atom is 0.118 e. The van der Waals surface area contributed by atoms with E-state index in [1.54, 1.807) is 12.3 Å². The van der Waals surface area contributed by atoms with E-state index >= 15 is 0 Å². The van der Waals surface area contributed by atoms with Gasteiger partial charge < -0.3 is 4.74 Å². The first-order valence-corrected chi connectivity index (χ1v) is 8.49. The molecule has 1 nitrogen and oxygen atoms in total. The summed E-state index contributed by atoms with van der Waals surface area (Å²) in [7, 11) is 0.521. The molecule has 2 heteroatoms. The smallest absolute Gasteiger partial charge is 0.118 e. The van der Waals surface area contributed by atoms with Gasteiger partial charge in [0.25, 0.3) is 0 Å². The average Bonchev–Trinajstić information content (AvgIpc) is 2.32. The third-order valence-electron chi connectivity index (χ3n) is 3.71. The molecule has 0 saturated heterocycles. The first-order valence-electron chi connectivity index (χ1n) is 5.87. The van der Waals surface area contributed by atoms with Crippen LogP contribution in [-0.2, 0) is 0 Å². The Bertz CT molecular complexity index is 297. The number of hydrogen-bond acceptors (Lipinski definition) is 1. The average molecular weight is 222 g/mol. The van der Waals surface area contributed by atoms with E-state index < -0.39 is 8.07 Å². The lowest BCUT2D eigenvalue weighted by Crippen LogP contribution is -2.45. The fourth-order valence-corrected chi connectivity index (χ4v) is 5.94. The normalized spacial score (nSPS) is 11.5. The second-order valence-corrected chi connectivity index (χ2v) is 9.33. The minimum Gasteiger partial charge on any atom is -0.497 e. The molecule has 1 aromatic rings. The number of ether oxygens (including phenoxy) is 1. The van der Waals surface area contributed by atoms with Gasteiger partial charge in [0.2, 0.25) is 0 Å². The summed E-state index contributed by atoms with van der Waals surface area (Å²) in [4.78, 5) is 0. The van der Waals surface area contributed by atoms with Crippen molar-refractivity contribution in [2.75, 3.05) is 7.11 Å². The van der Waals surface area contributed by atoms with Gasteiger partial charge in [-0.15, -0.1) is 0 Å². The zero-order valence-corrected chi connectivity index (χ0v) is 11.3. The molecule has 0 aliphatic carbocycles. The van der Waals surface area contributed by atoms with E-state index in [0.29, 0.717) is 0 Å². The Morgan fingerprint density at radius 1 is 1.07 bits per heavy atom. The monoisotopic (exact) mass is 222 g/mol. The van der Waals surface area contributed by atoms with Gasteiger partial charge in [0.1, 0.15) is 5.75 Å². The van der Waals surface area contributed by atoms with Crippen LogP contribution >= 0.6 is 0 Å². The molecule has 0 heterocycles. The Morgan fingerprint density at radius 3 is 2.13 bits per heavy atom. The molecule has 0 aromatic heterocycles. The maximum absolute atomic E-state index is 5.31. The Kier molecular flexibility index (Phi) is 4.39. The fourth-order valence-electron chi connectivity index (χ4n) is 2.32. The Morgan fingerprint density at radius 2 is 1.67 bits per heavy atom. The lowest BCUT2D eigenvalue weighted by Gasteiger charge is -2.28. The molecule has 0 amide bonds. The van der Waals surface area contributed by atoms with Crippen molar-refractivity contribution in [2.24, 2.45) is 0 Å². The third-order valence-corrected chi connectivity index (χ3v) is 9.31. The molecule has 0 spiro atoms. The van der Waals surface area contributed by atoms with Crippen molar-refractivity contribution in [3.8, 4) is 5.75 Å². The Balaban J connectivity index is 3.10. The van der Waals surface area contributed by atoms with Crippen molar-refractivity contribution in [1.82, 2.24) is 0 Å². The third kappa shape index (κ3) is 2.43. The SMILES string of the molecule is CC[Si](CC)(CC)c1cccc(OC)c1. The number of rotatable bonds is 5. The van der Waals surface area contributed by atoms with E-state index in [0.717, 1.165) is 5.75 Å². The number of benzene rings is 1. The summed E-state index contributed by atoms with van der Waals surface area (Å²) in [5, 5.41) is 1.55. The first-order chi connectivity index (χ1) is 7.22. The maximum atomic E-state index is 5.31. The van der Waals surface area contributed by atoms with Crippen LogP contribution in [0.3, 0.4) is 0 Å². The van der Waals surface area contributed by atoms with Crippen molar-refractivity contribution < 1.29 is 4.74 Å². The summed E-state index contributed by atoms with van der Waals surface area (Å²) in [5.41, 5.74) is 0. The van der Waals surface area contributed by atoms with Gasteiger partial charge in [-0.05, 0) is 12.1 Å². The van der Waals surface area contributed by atoms with E-state index in [9.17, 15) is 0 Å². The summed E-state index contributed by atoms with van der Waals surface area (Å²) in [5.74, 6) is 1.000. The minimum absolute atomic E-state index is 1.000. The predicted molar refractivity (Wildman–Crippen MR) is 69.8 cm³/mol. The fraction of sp³-hybridized carbons (Fsp3) is 0.538. The van der Waals surface area contributed by atoms with Crippen LogP contribution in [0, 0.1) is 0 Å². The molecule has 0 N–H and O–H groups in total. The summed E-state index contributed by atoms with van der Waals surface area (Å²) in [6.45, 7) is 7.00. The van der Waals surface area contributed by atoms with Crippen molar-refractivity contribution in [3.05, 3.63) is 24.3 Å². The number of hydrogen-bond donors (Lipinski definition) is 0. The van der Waals surface area contributed by atoms with E-state index in [1.165, 1.54) is 18.1 Å². The summed E-state index contributed by atoms with van der Waals surface area (Å²) in [6, 6.07) is 12.7. The molecule has 0 fully saturated rings. The Hall–Kier alpha value is -0.763. The van der Waals surface area contributed by atoms with Gasteiger partial charge in [-0.1, -0.05) is 56.2 Å². The highest BCUT2D eigenvalue weighted by Crippen LogP contribution is 2.21. The zero-order chi connectivity index (χ0) is 11.3.